The van der Waals surface area contributed by atoms with Crippen LogP contribution in [-0.4, -0.2) is 49.0 Å². The zero-order chi connectivity index (χ0) is 30.0. The highest BCUT2D eigenvalue weighted by Crippen LogP contribution is 2.56. The van der Waals surface area contributed by atoms with Crippen LogP contribution in [0.3, 0.4) is 0 Å². The molecule has 0 N–H and O–H groups in total. The van der Waals surface area contributed by atoms with Crippen molar-refractivity contribution in [2.24, 2.45) is 5.41 Å². The van der Waals surface area contributed by atoms with Gasteiger partial charge in [0.1, 0.15) is 6.10 Å². The third kappa shape index (κ3) is 6.98. The molecule has 1 aliphatic heterocycles. The molecule has 230 valence electrons. The average molecular weight is 592 g/mol. The second-order valence-corrected chi connectivity index (χ2v) is 12.1. The molecule has 5 unspecified atom stereocenters. The van der Waals surface area contributed by atoms with Gasteiger partial charge in [0.25, 0.3) is 0 Å². The quantitative estimate of drug-likeness (QED) is 0.135. The first-order chi connectivity index (χ1) is 21.8. The molecule has 0 bridgehead atoms. The first-order valence-corrected chi connectivity index (χ1v) is 16.1. The Hall–Kier alpha value is -3.32. The largest absolute Gasteiger partial charge is 0.376 e. The number of likely N-dealkylation sites (tertiary alicyclic amines) is 1. The molecule has 1 saturated heterocycles. The van der Waals surface area contributed by atoms with Crippen LogP contribution in [-0.2, 0) is 45.4 Å². The third-order valence-corrected chi connectivity index (χ3v) is 9.20. The van der Waals surface area contributed by atoms with Crippen molar-refractivity contribution < 1.29 is 18.9 Å². The van der Waals surface area contributed by atoms with Crippen molar-refractivity contribution in [2.45, 2.75) is 70.5 Å². The maximum Gasteiger partial charge on any atom is 0.101 e. The van der Waals surface area contributed by atoms with Gasteiger partial charge in [-0.1, -0.05) is 135 Å². The summed E-state index contributed by atoms with van der Waals surface area (Å²) in [6, 6.07) is 41.9. The number of hydrogen-bond acceptors (Lipinski definition) is 5. The number of unbranched alkanes of at least 4 members (excludes halogenated alkanes) is 1. The van der Waals surface area contributed by atoms with Crippen molar-refractivity contribution >= 4 is 0 Å². The first-order valence-electron chi connectivity index (χ1n) is 16.1. The number of rotatable bonds is 16. The number of benzene rings is 4. The Labute approximate surface area is 262 Å². The Morgan fingerprint density at radius 1 is 0.614 bits per heavy atom. The van der Waals surface area contributed by atoms with Crippen molar-refractivity contribution in [1.29, 1.82) is 0 Å². The molecular weight excluding hydrogens is 546 g/mol. The minimum atomic E-state index is -0.368. The average Bonchev–Trinajstić information content (AvgIpc) is 3.33. The number of nitrogens with zero attached hydrogens (tertiary/aromatic N) is 1. The molecule has 5 atom stereocenters. The predicted molar refractivity (Wildman–Crippen MR) is 174 cm³/mol. The van der Waals surface area contributed by atoms with Crippen LogP contribution in [0.2, 0.25) is 0 Å². The fraction of sp³-hybridized carbons (Fsp3) is 0.385. The molecule has 4 aromatic carbocycles. The summed E-state index contributed by atoms with van der Waals surface area (Å²) in [5, 5.41) is 0. The Balaban J connectivity index is 1.31. The summed E-state index contributed by atoms with van der Waals surface area (Å²) in [6.45, 7) is 6.81. The molecule has 6 rings (SSSR count). The van der Waals surface area contributed by atoms with Gasteiger partial charge in [-0.3, -0.25) is 4.90 Å². The van der Waals surface area contributed by atoms with E-state index in [-0.39, 0.29) is 29.8 Å². The summed E-state index contributed by atoms with van der Waals surface area (Å²) in [7, 11) is 0. The van der Waals surface area contributed by atoms with Gasteiger partial charge in [-0.2, -0.15) is 0 Å². The Morgan fingerprint density at radius 2 is 1.09 bits per heavy atom. The van der Waals surface area contributed by atoms with Crippen LogP contribution in [0.25, 0.3) is 0 Å². The van der Waals surface area contributed by atoms with Gasteiger partial charge in [0.05, 0.1) is 56.7 Å². The normalized spacial score (nSPS) is 24.6. The van der Waals surface area contributed by atoms with E-state index in [0.717, 1.165) is 31.5 Å². The lowest BCUT2D eigenvalue weighted by atomic mass is 9.58. The van der Waals surface area contributed by atoms with Crippen LogP contribution < -0.4 is 0 Å². The molecule has 0 radical (unpaired) electrons. The third-order valence-electron chi connectivity index (χ3n) is 9.20. The van der Waals surface area contributed by atoms with E-state index < -0.39 is 0 Å². The molecule has 2 aliphatic rings. The molecule has 5 heteroatoms. The summed E-state index contributed by atoms with van der Waals surface area (Å²) in [5.74, 6) is 0. The van der Waals surface area contributed by atoms with Crippen LogP contribution in [0.4, 0.5) is 0 Å². The number of fused-ring (bicyclic) bond motifs is 1. The molecule has 1 aliphatic carbocycles. The molecule has 2 fully saturated rings. The standard InChI is InChI=1S/C39H45NO4/c1-2-3-24-40-25-35(42-27-32-18-10-5-11-19-32)39(30-41-26-31-16-8-4-9-17-31)37(40)36(43-28-33-20-12-6-13-21-33)38(39)44-29-34-22-14-7-15-23-34/h4-23,35-38H,2-3,24-30H2,1H3. The maximum atomic E-state index is 6.91. The van der Waals surface area contributed by atoms with E-state index >= 15 is 0 Å². The molecule has 4 aromatic rings. The fourth-order valence-electron chi connectivity index (χ4n) is 6.95. The van der Waals surface area contributed by atoms with E-state index in [9.17, 15) is 0 Å². The zero-order valence-corrected chi connectivity index (χ0v) is 25.8. The molecule has 1 saturated carbocycles. The molecule has 0 amide bonds. The lowest BCUT2D eigenvalue weighted by molar-refractivity contribution is -0.281. The molecule has 0 aromatic heterocycles. The van der Waals surface area contributed by atoms with Gasteiger partial charge in [-0.15, -0.1) is 0 Å². The number of ether oxygens (including phenoxy) is 4. The van der Waals surface area contributed by atoms with E-state index in [2.05, 4.69) is 115 Å². The maximum absolute atomic E-state index is 6.91. The highest BCUT2D eigenvalue weighted by atomic mass is 16.6. The summed E-state index contributed by atoms with van der Waals surface area (Å²) in [4.78, 5) is 2.60. The molecule has 0 spiro atoms. The van der Waals surface area contributed by atoms with E-state index in [1.54, 1.807) is 0 Å². The highest BCUT2D eigenvalue weighted by Gasteiger charge is 2.73. The van der Waals surface area contributed by atoms with E-state index in [1.165, 1.54) is 16.7 Å². The Bertz CT molecular complexity index is 1390. The topological polar surface area (TPSA) is 40.2 Å². The smallest absolute Gasteiger partial charge is 0.101 e. The van der Waals surface area contributed by atoms with Crippen LogP contribution in [0.1, 0.15) is 42.0 Å². The van der Waals surface area contributed by atoms with Gasteiger partial charge >= 0.3 is 0 Å². The van der Waals surface area contributed by atoms with Crippen molar-refractivity contribution in [3.05, 3.63) is 144 Å². The molecule has 1 heterocycles. The van der Waals surface area contributed by atoms with Gasteiger partial charge in [-0.25, -0.2) is 0 Å². The van der Waals surface area contributed by atoms with Crippen molar-refractivity contribution in [2.75, 3.05) is 19.7 Å². The molecule has 5 nitrogen and oxygen atoms in total. The number of hydrogen-bond donors (Lipinski definition) is 0. The summed E-state index contributed by atoms with van der Waals surface area (Å²) >= 11 is 0. The summed E-state index contributed by atoms with van der Waals surface area (Å²) in [6.07, 6.45) is 1.93. The van der Waals surface area contributed by atoms with Crippen molar-refractivity contribution in [1.82, 2.24) is 4.90 Å². The lowest BCUT2D eigenvalue weighted by Crippen LogP contribution is -2.75. The highest BCUT2D eigenvalue weighted by molar-refractivity contribution is 5.25. The van der Waals surface area contributed by atoms with Crippen molar-refractivity contribution in [3.63, 3.8) is 0 Å². The van der Waals surface area contributed by atoms with Gasteiger partial charge < -0.3 is 18.9 Å². The minimum Gasteiger partial charge on any atom is -0.376 e. The summed E-state index contributed by atoms with van der Waals surface area (Å²) < 4.78 is 27.2. The van der Waals surface area contributed by atoms with Gasteiger partial charge in [0.15, 0.2) is 0 Å². The Morgan fingerprint density at radius 3 is 1.61 bits per heavy atom. The van der Waals surface area contributed by atoms with E-state index in [0.29, 0.717) is 33.0 Å². The van der Waals surface area contributed by atoms with E-state index in [4.69, 9.17) is 18.9 Å². The minimum absolute atomic E-state index is 0.0577. The van der Waals surface area contributed by atoms with Crippen molar-refractivity contribution in [3.8, 4) is 0 Å². The molecule has 44 heavy (non-hydrogen) atoms. The second-order valence-electron chi connectivity index (χ2n) is 12.1. The fourth-order valence-corrected chi connectivity index (χ4v) is 6.95. The van der Waals surface area contributed by atoms with Gasteiger partial charge in [0.2, 0.25) is 0 Å². The molecular formula is C39H45NO4. The first kappa shape index (κ1) is 30.7. The SMILES string of the molecule is CCCCN1CC(OCc2ccccc2)C2(COCc3ccccc3)C(OCc3ccccc3)C(OCc3ccccc3)C12. The second kappa shape index (κ2) is 15.1. The lowest BCUT2D eigenvalue weighted by Gasteiger charge is -2.59. The Kier molecular flexibility index (Phi) is 10.5. The predicted octanol–water partition coefficient (Wildman–Crippen LogP) is 7.44. The monoisotopic (exact) mass is 591 g/mol. The van der Waals surface area contributed by atoms with Gasteiger partial charge in [0, 0.05) is 6.54 Å². The van der Waals surface area contributed by atoms with E-state index in [1.807, 2.05) is 18.2 Å². The zero-order valence-electron chi connectivity index (χ0n) is 25.8. The van der Waals surface area contributed by atoms with Gasteiger partial charge in [-0.05, 0) is 35.2 Å². The van der Waals surface area contributed by atoms with Crippen LogP contribution in [0.5, 0.6) is 0 Å². The van der Waals surface area contributed by atoms with Crippen LogP contribution >= 0.6 is 0 Å². The van der Waals surface area contributed by atoms with Crippen LogP contribution in [0.15, 0.2) is 121 Å². The summed E-state index contributed by atoms with van der Waals surface area (Å²) in [5.41, 5.74) is 4.30. The van der Waals surface area contributed by atoms with Crippen LogP contribution in [0, 0.1) is 5.41 Å².